The summed E-state index contributed by atoms with van der Waals surface area (Å²) in [4.78, 5) is 0. The predicted molar refractivity (Wildman–Crippen MR) is 55.5 cm³/mol. The largest absolute Gasteiger partial charge is 0.497 e. The van der Waals surface area contributed by atoms with E-state index in [1.165, 1.54) is 19.2 Å². The van der Waals surface area contributed by atoms with Crippen LogP contribution in [0, 0.1) is 11.6 Å². The fourth-order valence-corrected chi connectivity index (χ4v) is 1.55. The van der Waals surface area contributed by atoms with Crippen LogP contribution in [-0.2, 0) is 0 Å². The van der Waals surface area contributed by atoms with Gasteiger partial charge in [0.05, 0.1) is 7.11 Å². The van der Waals surface area contributed by atoms with E-state index in [9.17, 15) is 8.78 Å². The average molecular weight is 236 g/mol. The molecule has 0 amide bonds. The van der Waals surface area contributed by atoms with Crippen LogP contribution >= 0.6 is 12.4 Å². The quantitative estimate of drug-likeness (QED) is 0.850. The van der Waals surface area contributed by atoms with Gasteiger partial charge in [-0.2, -0.15) is 0 Å². The maximum atomic E-state index is 13.4. The SMILES string of the molecule is COc1cc(F)c([C@@H]2CCN2)c(F)c1.Cl. The van der Waals surface area contributed by atoms with Crippen LogP contribution in [0.1, 0.15) is 18.0 Å². The number of hydrogen-bond acceptors (Lipinski definition) is 2. The van der Waals surface area contributed by atoms with E-state index in [0.717, 1.165) is 13.0 Å². The summed E-state index contributed by atoms with van der Waals surface area (Å²) < 4.78 is 31.6. The third-order valence-electron chi connectivity index (χ3n) is 2.46. The smallest absolute Gasteiger partial charge is 0.134 e. The molecular weight excluding hydrogens is 224 g/mol. The van der Waals surface area contributed by atoms with Crippen LogP contribution in [0.2, 0.25) is 0 Å². The first-order valence-electron chi connectivity index (χ1n) is 4.48. The number of benzene rings is 1. The highest BCUT2D eigenvalue weighted by molar-refractivity contribution is 5.85. The molecular formula is C10H12ClF2NO. The van der Waals surface area contributed by atoms with E-state index in [0.29, 0.717) is 0 Å². The second-order valence-corrected chi connectivity index (χ2v) is 3.30. The van der Waals surface area contributed by atoms with E-state index in [2.05, 4.69) is 5.32 Å². The molecule has 0 aliphatic carbocycles. The van der Waals surface area contributed by atoms with Crippen molar-refractivity contribution < 1.29 is 13.5 Å². The molecule has 0 aromatic heterocycles. The van der Waals surface area contributed by atoms with Crippen molar-refractivity contribution >= 4 is 12.4 Å². The van der Waals surface area contributed by atoms with Gasteiger partial charge in [-0.25, -0.2) is 8.78 Å². The zero-order chi connectivity index (χ0) is 10.1. The van der Waals surface area contributed by atoms with E-state index < -0.39 is 11.6 Å². The lowest BCUT2D eigenvalue weighted by molar-refractivity contribution is 0.350. The van der Waals surface area contributed by atoms with Crippen molar-refractivity contribution in [3.05, 3.63) is 29.3 Å². The molecule has 0 saturated carbocycles. The minimum absolute atomic E-state index is 0. The fourth-order valence-electron chi connectivity index (χ4n) is 1.55. The van der Waals surface area contributed by atoms with Gasteiger partial charge in [0.25, 0.3) is 0 Å². The van der Waals surface area contributed by atoms with Crippen molar-refractivity contribution in [3.8, 4) is 5.75 Å². The van der Waals surface area contributed by atoms with Gasteiger partial charge in [-0.05, 0) is 13.0 Å². The highest BCUT2D eigenvalue weighted by Crippen LogP contribution is 2.30. The van der Waals surface area contributed by atoms with Gasteiger partial charge >= 0.3 is 0 Å². The van der Waals surface area contributed by atoms with Crippen LogP contribution in [-0.4, -0.2) is 13.7 Å². The maximum absolute atomic E-state index is 13.4. The summed E-state index contributed by atoms with van der Waals surface area (Å²) in [6, 6.07) is 2.23. The zero-order valence-electron chi connectivity index (χ0n) is 8.22. The molecule has 1 N–H and O–H groups in total. The Kier molecular flexibility index (Phi) is 3.88. The molecule has 2 nitrogen and oxygen atoms in total. The third kappa shape index (κ3) is 2.21. The minimum Gasteiger partial charge on any atom is -0.497 e. The molecule has 1 heterocycles. The first-order valence-corrected chi connectivity index (χ1v) is 4.48. The van der Waals surface area contributed by atoms with Crippen LogP contribution < -0.4 is 10.1 Å². The van der Waals surface area contributed by atoms with Gasteiger partial charge in [-0.15, -0.1) is 12.4 Å². The zero-order valence-corrected chi connectivity index (χ0v) is 9.04. The molecule has 1 aliphatic heterocycles. The molecule has 1 aromatic rings. The second-order valence-electron chi connectivity index (χ2n) is 3.30. The lowest BCUT2D eigenvalue weighted by Gasteiger charge is -2.28. The van der Waals surface area contributed by atoms with Crippen molar-refractivity contribution in [2.24, 2.45) is 0 Å². The Labute approximate surface area is 93.0 Å². The molecule has 5 heteroatoms. The van der Waals surface area contributed by atoms with Gasteiger partial charge < -0.3 is 10.1 Å². The molecule has 1 aromatic carbocycles. The van der Waals surface area contributed by atoms with Crippen LogP contribution in [0.5, 0.6) is 5.75 Å². The lowest BCUT2D eigenvalue weighted by Crippen LogP contribution is -2.36. The standard InChI is InChI=1S/C10H11F2NO.ClH/c1-14-6-4-7(11)10(8(12)5-6)9-2-3-13-9;/h4-5,9,13H,2-3H2,1H3;1H/t9-;/m0./s1. The Morgan fingerprint density at radius 2 is 1.87 bits per heavy atom. The first kappa shape index (κ1) is 12.2. The van der Waals surface area contributed by atoms with Crippen molar-refractivity contribution in [2.45, 2.75) is 12.5 Å². The highest BCUT2D eigenvalue weighted by Gasteiger charge is 2.25. The normalized spacial score (nSPS) is 19.0. The highest BCUT2D eigenvalue weighted by atomic mass is 35.5. The maximum Gasteiger partial charge on any atom is 0.134 e. The molecule has 1 aliphatic rings. The first-order chi connectivity index (χ1) is 6.72. The summed E-state index contributed by atoms with van der Waals surface area (Å²) in [5.74, 6) is -0.874. The Morgan fingerprint density at radius 1 is 1.33 bits per heavy atom. The van der Waals surface area contributed by atoms with Crippen molar-refractivity contribution in [1.29, 1.82) is 0 Å². The van der Waals surface area contributed by atoms with E-state index in [1.54, 1.807) is 0 Å². The van der Waals surface area contributed by atoms with Gasteiger partial charge in [-0.1, -0.05) is 0 Å². The van der Waals surface area contributed by atoms with Gasteiger partial charge in [-0.3, -0.25) is 0 Å². The van der Waals surface area contributed by atoms with Crippen LogP contribution in [0.15, 0.2) is 12.1 Å². The summed E-state index contributed by atoms with van der Waals surface area (Å²) in [5.41, 5.74) is 0.122. The van der Waals surface area contributed by atoms with E-state index in [1.807, 2.05) is 0 Å². The van der Waals surface area contributed by atoms with E-state index in [4.69, 9.17) is 4.74 Å². The summed E-state index contributed by atoms with van der Waals surface area (Å²) in [6.07, 6.45) is 0.778. The summed E-state index contributed by atoms with van der Waals surface area (Å²) >= 11 is 0. The number of hydrogen-bond donors (Lipinski definition) is 1. The third-order valence-corrected chi connectivity index (χ3v) is 2.46. The van der Waals surface area contributed by atoms with E-state index in [-0.39, 0.29) is 29.8 Å². The Bertz CT molecular complexity index is 332. The van der Waals surface area contributed by atoms with Crippen molar-refractivity contribution in [1.82, 2.24) is 5.32 Å². The number of ether oxygens (including phenoxy) is 1. The summed E-state index contributed by atoms with van der Waals surface area (Å²) in [7, 11) is 1.38. The Balaban J connectivity index is 0.00000112. The Hall–Kier alpha value is -0.870. The van der Waals surface area contributed by atoms with E-state index >= 15 is 0 Å². The van der Waals surface area contributed by atoms with Gasteiger partial charge in [0.1, 0.15) is 17.4 Å². The monoisotopic (exact) mass is 235 g/mol. The Morgan fingerprint density at radius 3 is 2.20 bits per heavy atom. The molecule has 0 unspecified atom stereocenters. The number of halogens is 3. The van der Waals surface area contributed by atoms with Crippen molar-refractivity contribution in [3.63, 3.8) is 0 Å². The molecule has 84 valence electrons. The van der Waals surface area contributed by atoms with Gasteiger partial charge in [0.2, 0.25) is 0 Å². The summed E-state index contributed by atoms with van der Waals surface area (Å²) in [6.45, 7) is 0.815. The molecule has 1 saturated heterocycles. The topological polar surface area (TPSA) is 21.3 Å². The average Bonchev–Trinajstić information content (AvgIpc) is 2.07. The van der Waals surface area contributed by atoms with Crippen LogP contribution in [0.4, 0.5) is 8.78 Å². The molecule has 1 atom stereocenters. The molecule has 0 spiro atoms. The van der Waals surface area contributed by atoms with Crippen molar-refractivity contribution in [2.75, 3.05) is 13.7 Å². The molecule has 2 rings (SSSR count). The molecule has 0 bridgehead atoms. The fraction of sp³-hybridized carbons (Fsp3) is 0.400. The van der Waals surface area contributed by atoms with Gasteiger partial charge in [0.15, 0.2) is 0 Å². The molecule has 1 fully saturated rings. The number of nitrogens with one attached hydrogen (secondary N) is 1. The second kappa shape index (κ2) is 4.77. The number of methoxy groups -OCH3 is 1. The summed E-state index contributed by atoms with van der Waals surface area (Å²) in [5, 5.41) is 2.96. The predicted octanol–water partition coefficient (Wildman–Crippen LogP) is 2.43. The molecule has 15 heavy (non-hydrogen) atoms. The van der Waals surface area contributed by atoms with Crippen LogP contribution in [0.3, 0.4) is 0 Å². The minimum atomic E-state index is -0.543. The van der Waals surface area contributed by atoms with Crippen LogP contribution in [0.25, 0.3) is 0 Å². The molecule has 0 radical (unpaired) electrons. The van der Waals surface area contributed by atoms with Gasteiger partial charge in [0, 0.05) is 23.7 Å². The number of rotatable bonds is 2. The lowest BCUT2D eigenvalue weighted by atomic mass is 9.97.